The minimum Gasteiger partial charge on any atom is -0.392 e. The Morgan fingerprint density at radius 3 is 2.72 bits per heavy atom. The van der Waals surface area contributed by atoms with Gasteiger partial charge in [0.25, 0.3) is 0 Å². The lowest BCUT2D eigenvalue weighted by Crippen LogP contribution is -2.33. The first kappa shape index (κ1) is 16.9. The summed E-state index contributed by atoms with van der Waals surface area (Å²) < 4.78 is 0. The van der Waals surface area contributed by atoms with E-state index in [0.717, 1.165) is 16.7 Å². The molecule has 0 bridgehead atoms. The van der Waals surface area contributed by atoms with Crippen molar-refractivity contribution in [2.45, 2.75) is 26.0 Å². The molecule has 0 fully saturated rings. The minimum atomic E-state index is -0.334. The molecule has 0 radical (unpaired) electrons. The third kappa shape index (κ3) is 3.78. The van der Waals surface area contributed by atoms with Crippen LogP contribution in [0.25, 0.3) is 6.08 Å². The van der Waals surface area contributed by atoms with E-state index < -0.39 is 0 Å². The first-order chi connectivity index (χ1) is 12.1. The summed E-state index contributed by atoms with van der Waals surface area (Å²) in [6, 6.07) is 14.5. The van der Waals surface area contributed by atoms with E-state index >= 15 is 0 Å². The van der Waals surface area contributed by atoms with Gasteiger partial charge in [-0.1, -0.05) is 36.4 Å². The van der Waals surface area contributed by atoms with E-state index in [0.29, 0.717) is 5.69 Å². The van der Waals surface area contributed by atoms with Crippen molar-refractivity contribution in [3.63, 3.8) is 0 Å². The van der Waals surface area contributed by atoms with E-state index in [2.05, 4.69) is 5.32 Å². The molecule has 1 aliphatic heterocycles. The summed E-state index contributed by atoms with van der Waals surface area (Å²) in [6.07, 6.45) is 3.77. The van der Waals surface area contributed by atoms with Gasteiger partial charge in [-0.15, -0.1) is 0 Å². The van der Waals surface area contributed by atoms with Gasteiger partial charge in [0.1, 0.15) is 0 Å². The molecule has 5 nitrogen and oxygen atoms in total. The van der Waals surface area contributed by atoms with Crippen LogP contribution in [-0.2, 0) is 16.2 Å². The second-order valence-electron chi connectivity index (χ2n) is 6.00. The molecule has 1 atom stereocenters. The summed E-state index contributed by atoms with van der Waals surface area (Å²) in [5.41, 5.74) is 3.33. The lowest BCUT2D eigenvalue weighted by atomic mass is 9.93. The molecule has 0 saturated carbocycles. The number of hydrogen-bond acceptors (Lipinski definition) is 3. The lowest BCUT2D eigenvalue weighted by Gasteiger charge is -2.32. The number of fused-ring (bicyclic) bond motifs is 1. The number of hydrogen-bond donors (Lipinski definition) is 2. The molecule has 1 unspecified atom stereocenters. The Balaban J connectivity index is 1.80. The molecule has 2 amide bonds. The maximum Gasteiger partial charge on any atom is 0.226 e. The van der Waals surface area contributed by atoms with Crippen LogP contribution in [0.5, 0.6) is 0 Å². The van der Waals surface area contributed by atoms with Gasteiger partial charge in [0, 0.05) is 18.8 Å². The Labute approximate surface area is 146 Å². The molecule has 1 aliphatic rings. The molecule has 25 heavy (non-hydrogen) atoms. The van der Waals surface area contributed by atoms with Crippen molar-refractivity contribution in [1.29, 1.82) is 0 Å². The predicted molar refractivity (Wildman–Crippen MR) is 96.3 cm³/mol. The number of amides is 2. The summed E-state index contributed by atoms with van der Waals surface area (Å²) >= 11 is 0. The maximum absolute atomic E-state index is 12.5. The number of carbonyl (C=O) groups excluding carboxylic acids is 2. The van der Waals surface area contributed by atoms with E-state index in [1.54, 1.807) is 35.4 Å². The standard InChI is InChI=1S/C20H20N2O3/c1-14(24)22-10-9-16-6-2-3-8-18(16)19(22)12-20(25)21-17-7-4-5-15(11-17)13-23/h2-11,19,23H,12-13H2,1H3,(H,21,25). The second kappa shape index (κ2) is 7.32. The average Bonchev–Trinajstić information content (AvgIpc) is 2.61. The number of benzene rings is 2. The van der Waals surface area contributed by atoms with Gasteiger partial charge in [-0.2, -0.15) is 0 Å². The molecule has 0 aromatic heterocycles. The van der Waals surface area contributed by atoms with Crippen LogP contribution in [0, 0.1) is 0 Å². The van der Waals surface area contributed by atoms with Gasteiger partial charge in [0.2, 0.25) is 11.8 Å². The summed E-state index contributed by atoms with van der Waals surface area (Å²) in [5.74, 6) is -0.290. The van der Waals surface area contributed by atoms with Crippen molar-refractivity contribution in [2.24, 2.45) is 0 Å². The van der Waals surface area contributed by atoms with Gasteiger partial charge < -0.3 is 15.3 Å². The van der Waals surface area contributed by atoms with Crippen molar-refractivity contribution in [2.75, 3.05) is 5.32 Å². The summed E-state index contributed by atoms with van der Waals surface area (Å²) in [4.78, 5) is 26.1. The van der Waals surface area contributed by atoms with Gasteiger partial charge in [-0.25, -0.2) is 0 Å². The van der Waals surface area contributed by atoms with Crippen molar-refractivity contribution in [3.05, 3.63) is 71.4 Å². The zero-order chi connectivity index (χ0) is 17.8. The fourth-order valence-electron chi connectivity index (χ4n) is 3.05. The Kier molecular flexibility index (Phi) is 4.95. The average molecular weight is 336 g/mol. The van der Waals surface area contributed by atoms with Gasteiger partial charge in [-0.05, 0) is 34.9 Å². The summed E-state index contributed by atoms with van der Waals surface area (Å²) in [6.45, 7) is 1.41. The number of nitrogens with one attached hydrogen (secondary N) is 1. The first-order valence-corrected chi connectivity index (χ1v) is 8.14. The van der Waals surface area contributed by atoms with E-state index in [1.807, 2.05) is 30.3 Å². The van der Waals surface area contributed by atoms with Crippen molar-refractivity contribution >= 4 is 23.6 Å². The summed E-state index contributed by atoms with van der Waals surface area (Å²) in [5, 5.41) is 12.0. The highest BCUT2D eigenvalue weighted by Gasteiger charge is 2.28. The van der Waals surface area contributed by atoms with Gasteiger partial charge in [0.05, 0.1) is 19.1 Å². The number of aliphatic hydroxyl groups is 1. The zero-order valence-electron chi connectivity index (χ0n) is 14.0. The Hall–Kier alpha value is -2.92. The lowest BCUT2D eigenvalue weighted by molar-refractivity contribution is -0.129. The third-order valence-corrected chi connectivity index (χ3v) is 4.24. The Morgan fingerprint density at radius 2 is 1.96 bits per heavy atom. The quantitative estimate of drug-likeness (QED) is 0.901. The van der Waals surface area contributed by atoms with Gasteiger partial charge >= 0.3 is 0 Å². The van der Waals surface area contributed by atoms with Crippen LogP contribution in [-0.4, -0.2) is 21.8 Å². The molecule has 2 aromatic rings. The fraction of sp³-hybridized carbons (Fsp3) is 0.200. The number of anilines is 1. The fourth-order valence-corrected chi connectivity index (χ4v) is 3.05. The van der Waals surface area contributed by atoms with Crippen LogP contribution >= 0.6 is 0 Å². The highest BCUT2D eigenvalue weighted by Crippen LogP contribution is 2.33. The Bertz CT molecular complexity index is 829. The van der Waals surface area contributed by atoms with Crippen LogP contribution in [0.4, 0.5) is 5.69 Å². The van der Waals surface area contributed by atoms with Crippen LogP contribution in [0.2, 0.25) is 0 Å². The molecular weight excluding hydrogens is 316 g/mol. The van der Waals surface area contributed by atoms with Gasteiger partial charge in [0.15, 0.2) is 0 Å². The number of rotatable bonds is 4. The smallest absolute Gasteiger partial charge is 0.226 e. The zero-order valence-corrected chi connectivity index (χ0v) is 14.0. The second-order valence-corrected chi connectivity index (χ2v) is 6.00. The highest BCUT2D eigenvalue weighted by molar-refractivity contribution is 5.92. The van der Waals surface area contributed by atoms with Crippen LogP contribution in [0.1, 0.15) is 36.1 Å². The minimum absolute atomic E-state index is 0.0807. The van der Waals surface area contributed by atoms with E-state index in [-0.39, 0.29) is 30.9 Å². The molecule has 128 valence electrons. The van der Waals surface area contributed by atoms with E-state index in [4.69, 9.17) is 0 Å². The number of nitrogens with zero attached hydrogens (tertiary/aromatic N) is 1. The van der Waals surface area contributed by atoms with Crippen molar-refractivity contribution < 1.29 is 14.7 Å². The summed E-state index contributed by atoms with van der Waals surface area (Å²) in [7, 11) is 0. The highest BCUT2D eigenvalue weighted by atomic mass is 16.3. The predicted octanol–water partition coefficient (Wildman–Crippen LogP) is 3.08. The van der Waals surface area contributed by atoms with Crippen LogP contribution in [0.15, 0.2) is 54.7 Å². The Morgan fingerprint density at radius 1 is 1.16 bits per heavy atom. The number of aliphatic hydroxyl groups excluding tert-OH is 1. The van der Waals surface area contributed by atoms with Gasteiger partial charge in [-0.3, -0.25) is 9.59 Å². The number of carbonyl (C=O) groups is 2. The topological polar surface area (TPSA) is 69.6 Å². The van der Waals surface area contributed by atoms with Crippen molar-refractivity contribution in [3.8, 4) is 0 Å². The molecule has 0 aliphatic carbocycles. The molecular formula is C20H20N2O3. The van der Waals surface area contributed by atoms with Crippen LogP contribution < -0.4 is 5.32 Å². The van der Waals surface area contributed by atoms with E-state index in [9.17, 15) is 14.7 Å². The molecule has 0 saturated heterocycles. The molecule has 3 rings (SSSR count). The molecule has 0 spiro atoms. The van der Waals surface area contributed by atoms with E-state index in [1.165, 1.54) is 6.92 Å². The first-order valence-electron chi connectivity index (χ1n) is 8.14. The molecule has 2 aromatic carbocycles. The molecule has 1 heterocycles. The molecule has 5 heteroatoms. The monoisotopic (exact) mass is 336 g/mol. The normalized spacial score (nSPS) is 15.6. The SMILES string of the molecule is CC(=O)N1C=Cc2ccccc2C1CC(=O)Nc1cccc(CO)c1. The third-order valence-electron chi connectivity index (χ3n) is 4.24. The maximum atomic E-state index is 12.5. The largest absolute Gasteiger partial charge is 0.392 e. The van der Waals surface area contributed by atoms with Crippen molar-refractivity contribution in [1.82, 2.24) is 4.90 Å². The molecule has 2 N–H and O–H groups in total. The van der Waals surface area contributed by atoms with Crippen LogP contribution in [0.3, 0.4) is 0 Å².